The van der Waals surface area contributed by atoms with Crippen molar-refractivity contribution in [2.45, 2.75) is 39.2 Å². The van der Waals surface area contributed by atoms with Gasteiger partial charge < -0.3 is 4.57 Å². The first-order valence-corrected chi connectivity index (χ1v) is 6.21. The number of fused-ring (bicyclic) bond motifs is 1. The molecule has 0 unspecified atom stereocenters. The molecule has 1 aromatic heterocycles. The lowest BCUT2D eigenvalue weighted by molar-refractivity contribution is 0.106. The zero-order valence-corrected chi connectivity index (χ0v) is 10.5. The maximum Gasteiger partial charge on any atom is 0.265 e. The van der Waals surface area contributed by atoms with Gasteiger partial charge in [-0.2, -0.15) is 0 Å². The predicted molar refractivity (Wildman–Crippen MR) is 66.7 cm³/mol. The van der Waals surface area contributed by atoms with Gasteiger partial charge in [-0.3, -0.25) is 0 Å². The first kappa shape index (κ1) is 11.6. The largest absolute Gasteiger partial charge is 0.327 e. The van der Waals surface area contributed by atoms with Crippen LogP contribution < -0.4 is 0 Å². The predicted octanol–water partition coefficient (Wildman–Crippen LogP) is 4.34. The van der Waals surface area contributed by atoms with E-state index in [1.54, 1.807) is 18.5 Å². The molecule has 1 fully saturated rings. The average Bonchev–Trinajstić information content (AvgIpc) is 2.68. The number of aromatic nitrogens is 2. The van der Waals surface area contributed by atoms with Gasteiger partial charge in [-0.1, -0.05) is 26.0 Å². The summed E-state index contributed by atoms with van der Waals surface area (Å²) in [6.07, 6.45) is 1.31. The van der Waals surface area contributed by atoms with Crippen molar-refractivity contribution in [1.29, 1.82) is 0 Å². The Labute approximate surface area is 105 Å². The van der Waals surface area contributed by atoms with Gasteiger partial charge in [0.25, 0.3) is 6.43 Å². The third-order valence-corrected chi connectivity index (χ3v) is 3.83. The standard InChI is InChI=1S/C14H16F2N2/c1-14(2)6-9(7-14)18-8-17-11-5-3-4-10(12(11)18)13(15)16/h3-5,8-9,13H,6-7H2,1-2H3. The van der Waals surface area contributed by atoms with Crippen LogP contribution in [-0.2, 0) is 0 Å². The monoisotopic (exact) mass is 250 g/mol. The number of para-hydroxylation sites is 1. The number of alkyl halides is 2. The van der Waals surface area contributed by atoms with Crippen molar-refractivity contribution in [3.63, 3.8) is 0 Å². The van der Waals surface area contributed by atoms with Crippen molar-refractivity contribution in [2.24, 2.45) is 5.41 Å². The molecule has 0 spiro atoms. The molecule has 18 heavy (non-hydrogen) atoms. The summed E-state index contributed by atoms with van der Waals surface area (Å²) >= 11 is 0. The molecular weight excluding hydrogens is 234 g/mol. The Morgan fingerprint density at radius 2 is 2.06 bits per heavy atom. The van der Waals surface area contributed by atoms with E-state index in [-0.39, 0.29) is 5.56 Å². The van der Waals surface area contributed by atoms with Crippen molar-refractivity contribution < 1.29 is 8.78 Å². The molecule has 3 rings (SSSR count). The quantitative estimate of drug-likeness (QED) is 0.775. The highest BCUT2D eigenvalue weighted by molar-refractivity contribution is 5.79. The Hall–Kier alpha value is -1.45. The van der Waals surface area contributed by atoms with E-state index in [0.717, 1.165) is 12.8 Å². The number of halogens is 2. The highest BCUT2D eigenvalue weighted by Gasteiger charge is 2.38. The molecule has 0 aliphatic heterocycles. The number of hydrogen-bond acceptors (Lipinski definition) is 1. The highest BCUT2D eigenvalue weighted by atomic mass is 19.3. The second kappa shape index (κ2) is 3.77. The minimum absolute atomic E-state index is 0.0923. The van der Waals surface area contributed by atoms with Crippen LogP contribution in [-0.4, -0.2) is 9.55 Å². The number of nitrogens with zero attached hydrogens (tertiary/aromatic N) is 2. The SMILES string of the molecule is CC1(C)CC(n2cnc3cccc(C(F)F)c32)C1. The summed E-state index contributed by atoms with van der Waals surface area (Å²) in [7, 11) is 0. The van der Waals surface area contributed by atoms with Crippen LogP contribution in [0.15, 0.2) is 24.5 Å². The molecule has 0 radical (unpaired) electrons. The smallest absolute Gasteiger partial charge is 0.265 e. The van der Waals surface area contributed by atoms with E-state index in [0.29, 0.717) is 22.5 Å². The Balaban J connectivity index is 2.08. The number of benzene rings is 1. The molecule has 0 amide bonds. The molecule has 4 heteroatoms. The van der Waals surface area contributed by atoms with Gasteiger partial charge >= 0.3 is 0 Å². The summed E-state index contributed by atoms with van der Waals surface area (Å²) in [6, 6.07) is 5.24. The fourth-order valence-electron chi connectivity index (χ4n) is 2.98. The van der Waals surface area contributed by atoms with Gasteiger partial charge in [0, 0.05) is 11.6 Å². The molecule has 1 heterocycles. The lowest BCUT2D eigenvalue weighted by Crippen LogP contribution is -2.33. The second-order valence-corrected chi connectivity index (χ2v) is 5.89. The van der Waals surface area contributed by atoms with Crippen molar-refractivity contribution in [1.82, 2.24) is 9.55 Å². The summed E-state index contributed by atoms with van der Waals surface area (Å²) in [4.78, 5) is 4.24. The van der Waals surface area contributed by atoms with Crippen LogP contribution in [0, 0.1) is 5.41 Å². The molecule has 0 bridgehead atoms. The Morgan fingerprint density at radius 1 is 1.33 bits per heavy atom. The second-order valence-electron chi connectivity index (χ2n) is 5.89. The number of hydrogen-bond donors (Lipinski definition) is 0. The van der Waals surface area contributed by atoms with Crippen LogP contribution in [0.4, 0.5) is 8.78 Å². The fraction of sp³-hybridized carbons (Fsp3) is 0.500. The van der Waals surface area contributed by atoms with Crippen LogP contribution in [0.3, 0.4) is 0 Å². The van der Waals surface area contributed by atoms with Crippen LogP contribution in [0.5, 0.6) is 0 Å². The molecule has 2 nitrogen and oxygen atoms in total. The lowest BCUT2D eigenvalue weighted by Gasteiger charge is -2.43. The van der Waals surface area contributed by atoms with Crippen LogP contribution in [0.2, 0.25) is 0 Å². The molecule has 1 aromatic carbocycles. The Bertz CT molecular complexity index is 578. The average molecular weight is 250 g/mol. The zero-order chi connectivity index (χ0) is 12.9. The maximum absolute atomic E-state index is 13.1. The molecule has 2 aromatic rings. The van der Waals surface area contributed by atoms with E-state index in [1.165, 1.54) is 6.07 Å². The fourth-order valence-corrected chi connectivity index (χ4v) is 2.98. The topological polar surface area (TPSA) is 17.8 Å². The van der Waals surface area contributed by atoms with Gasteiger partial charge in [-0.05, 0) is 24.3 Å². The van der Waals surface area contributed by atoms with Gasteiger partial charge in [-0.15, -0.1) is 0 Å². The first-order chi connectivity index (χ1) is 8.48. The molecule has 0 saturated heterocycles. The van der Waals surface area contributed by atoms with Gasteiger partial charge in [0.15, 0.2) is 0 Å². The van der Waals surface area contributed by atoms with Crippen molar-refractivity contribution >= 4 is 11.0 Å². The summed E-state index contributed by atoms with van der Waals surface area (Å²) < 4.78 is 28.0. The normalized spacial score (nSPS) is 19.4. The van der Waals surface area contributed by atoms with Crippen molar-refractivity contribution in [2.75, 3.05) is 0 Å². The molecule has 1 aliphatic carbocycles. The van der Waals surface area contributed by atoms with Crippen molar-refractivity contribution in [3.05, 3.63) is 30.1 Å². The third-order valence-electron chi connectivity index (χ3n) is 3.83. The third kappa shape index (κ3) is 1.71. The van der Waals surface area contributed by atoms with E-state index < -0.39 is 6.43 Å². The van der Waals surface area contributed by atoms with E-state index >= 15 is 0 Å². The molecular formula is C14H16F2N2. The Morgan fingerprint density at radius 3 is 2.67 bits per heavy atom. The van der Waals surface area contributed by atoms with E-state index in [2.05, 4.69) is 18.8 Å². The molecule has 96 valence electrons. The van der Waals surface area contributed by atoms with Gasteiger partial charge in [0.1, 0.15) is 0 Å². The van der Waals surface area contributed by atoms with Crippen LogP contribution in [0.1, 0.15) is 44.7 Å². The molecule has 0 N–H and O–H groups in total. The summed E-state index contributed by atoms with van der Waals surface area (Å²) in [5.74, 6) is 0. The number of rotatable bonds is 2. The van der Waals surface area contributed by atoms with Gasteiger partial charge in [-0.25, -0.2) is 13.8 Å². The van der Waals surface area contributed by atoms with Crippen molar-refractivity contribution in [3.8, 4) is 0 Å². The lowest BCUT2D eigenvalue weighted by atomic mass is 9.68. The van der Waals surface area contributed by atoms with E-state index in [1.807, 2.05) is 4.57 Å². The highest BCUT2D eigenvalue weighted by Crippen LogP contribution is 2.49. The first-order valence-electron chi connectivity index (χ1n) is 6.21. The van der Waals surface area contributed by atoms with E-state index in [4.69, 9.17) is 0 Å². The number of imidazole rings is 1. The molecule has 1 aliphatic rings. The minimum Gasteiger partial charge on any atom is -0.327 e. The van der Waals surface area contributed by atoms with Crippen LogP contribution >= 0.6 is 0 Å². The Kier molecular flexibility index (Phi) is 2.44. The maximum atomic E-state index is 13.1. The van der Waals surface area contributed by atoms with Gasteiger partial charge in [0.05, 0.1) is 17.4 Å². The minimum atomic E-state index is -2.45. The van der Waals surface area contributed by atoms with Gasteiger partial charge in [0.2, 0.25) is 0 Å². The molecule has 1 saturated carbocycles. The zero-order valence-electron chi connectivity index (χ0n) is 10.5. The summed E-state index contributed by atoms with van der Waals surface area (Å²) in [5.41, 5.74) is 1.68. The summed E-state index contributed by atoms with van der Waals surface area (Å²) in [6.45, 7) is 4.41. The van der Waals surface area contributed by atoms with E-state index in [9.17, 15) is 8.78 Å². The van der Waals surface area contributed by atoms with Crippen LogP contribution in [0.25, 0.3) is 11.0 Å². The molecule has 0 atom stereocenters. The summed E-state index contributed by atoms with van der Waals surface area (Å²) in [5, 5.41) is 0.